The Balaban J connectivity index is 1.96. The number of hydrogen-bond donors (Lipinski definition) is 2. The zero-order valence-electron chi connectivity index (χ0n) is 8.18. The van der Waals surface area contributed by atoms with Gasteiger partial charge in [-0.1, -0.05) is 0 Å². The fraction of sp³-hybridized carbons (Fsp3) is 0.444. The van der Waals surface area contributed by atoms with Crippen molar-refractivity contribution in [1.29, 1.82) is 0 Å². The molecule has 0 radical (unpaired) electrons. The molecular formula is C9H12N4O2. The maximum Gasteiger partial charge on any atom is 0.318 e. The van der Waals surface area contributed by atoms with Crippen molar-refractivity contribution in [2.45, 2.75) is 12.8 Å². The Hall–Kier alpha value is -1.69. The fourth-order valence-corrected chi connectivity index (χ4v) is 1.17. The highest BCUT2D eigenvalue weighted by atomic mass is 16.5. The van der Waals surface area contributed by atoms with Crippen molar-refractivity contribution in [1.82, 2.24) is 19.9 Å². The van der Waals surface area contributed by atoms with Gasteiger partial charge >= 0.3 is 6.01 Å². The summed E-state index contributed by atoms with van der Waals surface area (Å²) in [5, 5.41) is 8.58. The number of aliphatic hydroxyl groups excluding tert-OH is 1. The van der Waals surface area contributed by atoms with Crippen LogP contribution in [0.25, 0.3) is 11.2 Å². The summed E-state index contributed by atoms with van der Waals surface area (Å²) in [6, 6.07) is 0.326. The molecule has 0 aromatic carbocycles. The number of H-pyrrole nitrogens is 1. The van der Waals surface area contributed by atoms with Gasteiger partial charge < -0.3 is 14.8 Å². The van der Waals surface area contributed by atoms with Gasteiger partial charge in [-0.3, -0.25) is 0 Å². The molecular weight excluding hydrogens is 196 g/mol. The monoisotopic (exact) mass is 208 g/mol. The molecule has 2 aromatic heterocycles. The quantitative estimate of drug-likeness (QED) is 0.699. The molecule has 6 nitrogen and oxygen atoms in total. The predicted molar refractivity (Wildman–Crippen MR) is 53.5 cm³/mol. The molecule has 80 valence electrons. The molecule has 0 unspecified atom stereocenters. The summed E-state index contributed by atoms with van der Waals surface area (Å²) in [5.74, 6) is 0. The lowest BCUT2D eigenvalue weighted by Gasteiger charge is -2.02. The standard InChI is InChI=1S/C9H12N4O2/c14-3-1-2-4-15-9-10-5-7-8(13-9)12-6-11-7/h5-6,14H,1-4H2,(H,10,11,12,13). The zero-order valence-corrected chi connectivity index (χ0v) is 8.18. The van der Waals surface area contributed by atoms with Crippen LogP contribution < -0.4 is 4.74 Å². The van der Waals surface area contributed by atoms with Gasteiger partial charge in [-0.25, -0.2) is 9.97 Å². The number of nitrogens with one attached hydrogen (secondary N) is 1. The van der Waals surface area contributed by atoms with E-state index in [0.29, 0.717) is 18.3 Å². The minimum atomic E-state index is 0.183. The van der Waals surface area contributed by atoms with E-state index in [9.17, 15) is 0 Å². The molecule has 6 heteroatoms. The van der Waals surface area contributed by atoms with Crippen molar-refractivity contribution in [3.8, 4) is 6.01 Å². The largest absolute Gasteiger partial charge is 0.463 e. The molecule has 0 amide bonds. The third-order valence-corrected chi connectivity index (χ3v) is 1.94. The molecule has 0 saturated heterocycles. The van der Waals surface area contributed by atoms with E-state index in [2.05, 4.69) is 19.9 Å². The van der Waals surface area contributed by atoms with E-state index in [0.717, 1.165) is 18.4 Å². The Kier molecular flexibility index (Phi) is 3.08. The number of nitrogens with zero attached hydrogens (tertiary/aromatic N) is 3. The van der Waals surface area contributed by atoms with E-state index in [1.807, 2.05) is 0 Å². The summed E-state index contributed by atoms with van der Waals surface area (Å²) in [6.07, 6.45) is 4.72. The second-order valence-electron chi connectivity index (χ2n) is 3.07. The van der Waals surface area contributed by atoms with E-state index < -0.39 is 0 Å². The Morgan fingerprint density at radius 2 is 2.27 bits per heavy atom. The second-order valence-corrected chi connectivity index (χ2v) is 3.07. The minimum Gasteiger partial charge on any atom is -0.463 e. The molecule has 0 aliphatic rings. The predicted octanol–water partition coefficient (Wildman–Crippen LogP) is 0.504. The zero-order chi connectivity index (χ0) is 10.5. The molecule has 0 bridgehead atoms. The Morgan fingerprint density at radius 1 is 1.33 bits per heavy atom. The Labute approximate surface area is 86.3 Å². The van der Waals surface area contributed by atoms with Crippen LogP contribution in [-0.2, 0) is 0 Å². The SMILES string of the molecule is OCCCCOc1ncc2[nH]cnc2n1. The van der Waals surface area contributed by atoms with Crippen LogP contribution >= 0.6 is 0 Å². The van der Waals surface area contributed by atoms with Gasteiger partial charge in [-0.05, 0) is 12.8 Å². The van der Waals surface area contributed by atoms with E-state index in [4.69, 9.17) is 9.84 Å². The molecule has 2 aromatic rings. The van der Waals surface area contributed by atoms with Gasteiger partial charge in [0.25, 0.3) is 0 Å². The number of imidazole rings is 1. The van der Waals surface area contributed by atoms with Crippen LogP contribution in [0.2, 0.25) is 0 Å². The van der Waals surface area contributed by atoms with E-state index >= 15 is 0 Å². The van der Waals surface area contributed by atoms with Crippen LogP contribution in [0, 0.1) is 0 Å². The van der Waals surface area contributed by atoms with Gasteiger partial charge in [0.05, 0.1) is 19.1 Å². The topological polar surface area (TPSA) is 83.9 Å². The van der Waals surface area contributed by atoms with Gasteiger partial charge in [-0.15, -0.1) is 0 Å². The third kappa shape index (κ3) is 2.41. The van der Waals surface area contributed by atoms with E-state index in [-0.39, 0.29) is 6.61 Å². The van der Waals surface area contributed by atoms with Gasteiger partial charge in [0.1, 0.15) is 5.52 Å². The highest BCUT2D eigenvalue weighted by molar-refractivity contribution is 5.68. The van der Waals surface area contributed by atoms with Gasteiger partial charge in [0.2, 0.25) is 0 Å². The lowest BCUT2D eigenvalue weighted by atomic mass is 10.3. The van der Waals surface area contributed by atoms with Crippen LogP contribution in [0.3, 0.4) is 0 Å². The van der Waals surface area contributed by atoms with Gasteiger partial charge in [-0.2, -0.15) is 4.98 Å². The molecule has 0 spiro atoms. The summed E-state index contributed by atoms with van der Waals surface area (Å²) in [7, 11) is 0. The van der Waals surface area contributed by atoms with Crippen molar-refractivity contribution >= 4 is 11.2 Å². The lowest BCUT2D eigenvalue weighted by molar-refractivity contribution is 0.244. The molecule has 0 fully saturated rings. The maximum absolute atomic E-state index is 8.58. The number of ether oxygens (including phenoxy) is 1. The summed E-state index contributed by atoms with van der Waals surface area (Å²) in [4.78, 5) is 15.0. The van der Waals surface area contributed by atoms with E-state index in [1.165, 1.54) is 0 Å². The number of aliphatic hydroxyl groups is 1. The summed E-state index contributed by atoms with van der Waals surface area (Å²) in [5.41, 5.74) is 1.39. The van der Waals surface area contributed by atoms with Crippen molar-refractivity contribution in [3.63, 3.8) is 0 Å². The minimum absolute atomic E-state index is 0.183. The summed E-state index contributed by atoms with van der Waals surface area (Å²) < 4.78 is 5.30. The van der Waals surface area contributed by atoms with Crippen LogP contribution in [0.1, 0.15) is 12.8 Å². The smallest absolute Gasteiger partial charge is 0.318 e. The van der Waals surface area contributed by atoms with Crippen molar-refractivity contribution < 1.29 is 9.84 Å². The van der Waals surface area contributed by atoms with Crippen molar-refractivity contribution in [2.24, 2.45) is 0 Å². The molecule has 0 atom stereocenters. The Bertz CT molecular complexity index is 429. The first-order valence-electron chi connectivity index (χ1n) is 4.80. The second kappa shape index (κ2) is 4.70. The normalized spacial score (nSPS) is 10.7. The Morgan fingerprint density at radius 3 is 3.13 bits per heavy atom. The van der Waals surface area contributed by atoms with Crippen LogP contribution in [0.4, 0.5) is 0 Å². The number of aromatic amines is 1. The molecule has 2 rings (SSSR count). The number of unbranched alkanes of at least 4 members (excludes halogenated alkanes) is 1. The number of fused-ring (bicyclic) bond motifs is 1. The summed E-state index contributed by atoms with van der Waals surface area (Å²) in [6.45, 7) is 0.694. The first kappa shape index (κ1) is 9.85. The average Bonchev–Trinajstić information content (AvgIpc) is 2.71. The first-order chi connectivity index (χ1) is 7.40. The highest BCUT2D eigenvalue weighted by Gasteiger charge is 2.01. The summed E-state index contributed by atoms with van der Waals surface area (Å²) >= 11 is 0. The highest BCUT2D eigenvalue weighted by Crippen LogP contribution is 2.08. The van der Waals surface area contributed by atoms with Gasteiger partial charge in [0.15, 0.2) is 5.65 Å². The molecule has 0 aliphatic carbocycles. The molecule has 0 saturated carbocycles. The molecule has 0 aliphatic heterocycles. The van der Waals surface area contributed by atoms with Crippen LogP contribution in [0.15, 0.2) is 12.5 Å². The maximum atomic E-state index is 8.58. The average molecular weight is 208 g/mol. The van der Waals surface area contributed by atoms with Crippen molar-refractivity contribution in [3.05, 3.63) is 12.5 Å². The van der Waals surface area contributed by atoms with Crippen molar-refractivity contribution in [2.75, 3.05) is 13.2 Å². The number of aromatic nitrogens is 4. The molecule has 15 heavy (non-hydrogen) atoms. The molecule has 2 heterocycles. The lowest BCUT2D eigenvalue weighted by Crippen LogP contribution is -2.01. The van der Waals surface area contributed by atoms with Crippen LogP contribution in [0.5, 0.6) is 6.01 Å². The van der Waals surface area contributed by atoms with Gasteiger partial charge in [0, 0.05) is 6.61 Å². The third-order valence-electron chi connectivity index (χ3n) is 1.94. The fourth-order valence-electron chi connectivity index (χ4n) is 1.17. The van der Waals surface area contributed by atoms with Crippen LogP contribution in [-0.4, -0.2) is 38.3 Å². The number of hydrogen-bond acceptors (Lipinski definition) is 5. The first-order valence-corrected chi connectivity index (χ1v) is 4.80. The molecule has 2 N–H and O–H groups in total. The number of rotatable bonds is 5. The van der Waals surface area contributed by atoms with E-state index in [1.54, 1.807) is 12.5 Å².